The maximum Gasteiger partial charge on any atom is 0.0980 e. The summed E-state index contributed by atoms with van der Waals surface area (Å²) in [4.78, 5) is 0. The fourth-order valence-corrected chi connectivity index (χ4v) is 2.82. The van der Waals surface area contributed by atoms with E-state index in [2.05, 4.69) is 0 Å². The predicted octanol–water partition coefficient (Wildman–Crippen LogP) is -1.14. The van der Waals surface area contributed by atoms with E-state index in [1.807, 2.05) is 0 Å². The standard InChI is InChI=1S/C11H22O5/c12-5-9-3-1-2-4-11(16,8-15)10(9,6-13)7-14/h9,12-16H,1-8H2. The number of aliphatic hydroxyl groups excluding tert-OH is 4. The Kier molecular flexibility index (Phi) is 4.70. The fourth-order valence-electron chi connectivity index (χ4n) is 2.82. The molecule has 0 bridgehead atoms. The normalized spacial score (nSPS) is 34.7. The topological polar surface area (TPSA) is 101 Å². The van der Waals surface area contributed by atoms with Crippen molar-refractivity contribution in [3.63, 3.8) is 0 Å². The van der Waals surface area contributed by atoms with Gasteiger partial charge in [0.2, 0.25) is 0 Å². The molecule has 0 amide bonds. The second kappa shape index (κ2) is 5.42. The van der Waals surface area contributed by atoms with Crippen LogP contribution in [0.15, 0.2) is 0 Å². The Morgan fingerprint density at radius 3 is 2.00 bits per heavy atom. The zero-order valence-corrected chi connectivity index (χ0v) is 9.47. The Morgan fingerprint density at radius 1 is 0.938 bits per heavy atom. The Morgan fingerprint density at radius 2 is 1.56 bits per heavy atom. The first-order valence-corrected chi connectivity index (χ1v) is 5.76. The largest absolute Gasteiger partial charge is 0.396 e. The van der Waals surface area contributed by atoms with Crippen LogP contribution in [0.5, 0.6) is 0 Å². The van der Waals surface area contributed by atoms with Crippen LogP contribution in [-0.2, 0) is 0 Å². The van der Waals surface area contributed by atoms with Crippen LogP contribution in [0.2, 0.25) is 0 Å². The molecule has 1 aliphatic carbocycles. The monoisotopic (exact) mass is 234 g/mol. The number of hydrogen-bond donors (Lipinski definition) is 5. The number of aliphatic hydroxyl groups is 5. The van der Waals surface area contributed by atoms with Crippen molar-refractivity contribution in [2.45, 2.75) is 31.3 Å². The summed E-state index contributed by atoms with van der Waals surface area (Å²) < 4.78 is 0. The van der Waals surface area contributed by atoms with Gasteiger partial charge in [-0.3, -0.25) is 0 Å². The van der Waals surface area contributed by atoms with Gasteiger partial charge in [-0.2, -0.15) is 0 Å². The summed E-state index contributed by atoms with van der Waals surface area (Å²) in [5, 5.41) is 48.0. The number of rotatable bonds is 4. The van der Waals surface area contributed by atoms with Gasteiger partial charge < -0.3 is 25.5 Å². The summed E-state index contributed by atoms with van der Waals surface area (Å²) in [6.45, 7) is -1.59. The van der Waals surface area contributed by atoms with Crippen molar-refractivity contribution in [2.24, 2.45) is 11.3 Å². The molecule has 5 heteroatoms. The Balaban J connectivity index is 3.12. The van der Waals surface area contributed by atoms with Crippen LogP contribution in [0.4, 0.5) is 0 Å². The van der Waals surface area contributed by atoms with E-state index in [-0.39, 0.29) is 12.5 Å². The summed E-state index contributed by atoms with van der Waals surface area (Å²) in [6.07, 6.45) is 2.51. The van der Waals surface area contributed by atoms with Gasteiger partial charge in [0.05, 0.1) is 30.8 Å². The van der Waals surface area contributed by atoms with Crippen LogP contribution in [0, 0.1) is 11.3 Å². The molecule has 0 aromatic carbocycles. The Hall–Kier alpha value is -0.200. The lowest BCUT2D eigenvalue weighted by atomic mass is 9.64. The molecule has 1 fully saturated rings. The molecule has 96 valence electrons. The van der Waals surface area contributed by atoms with Crippen LogP contribution >= 0.6 is 0 Å². The molecule has 0 aliphatic heterocycles. The minimum Gasteiger partial charge on any atom is -0.396 e. The maximum atomic E-state index is 10.4. The average Bonchev–Trinajstić information content (AvgIpc) is 2.46. The first-order chi connectivity index (χ1) is 7.60. The molecule has 0 radical (unpaired) electrons. The molecule has 1 aliphatic rings. The molecular weight excluding hydrogens is 212 g/mol. The van der Waals surface area contributed by atoms with Crippen molar-refractivity contribution >= 4 is 0 Å². The van der Waals surface area contributed by atoms with E-state index in [9.17, 15) is 25.5 Å². The summed E-state index contributed by atoms with van der Waals surface area (Å²) in [6, 6.07) is 0. The van der Waals surface area contributed by atoms with E-state index in [0.29, 0.717) is 12.8 Å². The molecule has 5 N–H and O–H groups in total. The number of hydrogen-bond acceptors (Lipinski definition) is 5. The van der Waals surface area contributed by atoms with Crippen molar-refractivity contribution in [1.29, 1.82) is 0 Å². The highest BCUT2D eigenvalue weighted by Crippen LogP contribution is 2.46. The molecule has 0 aromatic rings. The lowest BCUT2D eigenvalue weighted by molar-refractivity contribution is -0.185. The molecule has 1 saturated carbocycles. The Labute approximate surface area is 95.4 Å². The lowest BCUT2D eigenvalue weighted by Gasteiger charge is -2.47. The highest BCUT2D eigenvalue weighted by molar-refractivity contribution is 5.03. The molecule has 0 heterocycles. The quantitative estimate of drug-likeness (QED) is 0.396. The molecule has 0 spiro atoms. The second-order valence-electron chi connectivity index (χ2n) is 4.79. The minimum atomic E-state index is -1.51. The van der Waals surface area contributed by atoms with Crippen LogP contribution < -0.4 is 0 Å². The van der Waals surface area contributed by atoms with Gasteiger partial charge in [-0.15, -0.1) is 0 Å². The Bertz CT molecular complexity index is 216. The van der Waals surface area contributed by atoms with E-state index < -0.39 is 30.8 Å². The summed E-state index contributed by atoms with van der Waals surface area (Å²) in [5.41, 5.74) is -2.73. The van der Waals surface area contributed by atoms with E-state index in [1.54, 1.807) is 0 Å². The van der Waals surface area contributed by atoms with E-state index in [0.717, 1.165) is 12.8 Å². The van der Waals surface area contributed by atoms with E-state index in [4.69, 9.17) is 0 Å². The molecule has 0 aromatic heterocycles. The van der Waals surface area contributed by atoms with E-state index >= 15 is 0 Å². The third-order valence-corrected chi connectivity index (χ3v) is 4.15. The third-order valence-electron chi connectivity index (χ3n) is 4.15. The van der Waals surface area contributed by atoms with Crippen molar-refractivity contribution < 1.29 is 25.5 Å². The summed E-state index contributed by atoms with van der Waals surface area (Å²) in [7, 11) is 0. The summed E-state index contributed by atoms with van der Waals surface area (Å²) in [5.74, 6) is -0.387. The molecule has 1 rings (SSSR count). The van der Waals surface area contributed by atoms with Crippen LogP contribution in [0.3, 0.4) is 0 Å². The highest BCUT2D eigenvalue weighted by Gasteiger charge is 2.54. The second-order valence-corrected chi connectivity index (χ2v) is 4.79. The smallest absolute Gasteiger partial charge is 0.0980 e. The predicted molar refractivity (Wildman–Crippen MR) is 57.7 cm³/mol. The van der Waals surface area contributed by atoms with Crippen LogP contribution in [-0.4, -0.2) is 57.6 Å². The zero-order valence-electron chi connectivity index (χ0n) is 9.47. The van der Waals surface area contributed by atoms with Gasteiger partial charge in [0.25, 0.3) is 0 Å². The molecular formula is C11H22O5. The first kappa shape index (κ1) is 13.9. The van der Waals surface area contributed by atoms with Gasteiger partial charge in [-0.05, 0) is 18.8 Å². The molecule has 2 atom stereocenters. The van der Waals surface area contributed by atoms with Crippen molar-refractivity contribution in [2.75, 3.05) is 26.4 Å². The molecule has 5 nitrogen and oxygen atoms in total. The van der Waals surface area contributed by atoms with Gasteiger partial charge in [0, 0.05) is 6.61 Å². The maximum absolute atomic E-state index is 10.4. The SMILES string of the molecule is OCC1CCCCC(O)(CO)C1(CO)CO. The van der Waals surface area contributed by atoms with Crippen molar-refractivity contribution in [1.82, 2.24) is 0 Å². The third kappa shape index (κ3) is 1.98. The van der Waals surface area contributed by atoms with Gasteiger partial charge >= 0.3 is 0 Å². The van der Waals surface area contributed by atoms with Crippen LogP contribution in [0.25, 0.3) is 0 Å². The van der Waals surface area contributed by atoms with Gasteiger partial charge in [0.1, 0.15) is 0 Å². The van der Waals surface area contributed by atoms with Crippen LogP contribution in [0.1, 0.15) is 25.7 Å². The minimum absolute atomic E-state index is 0.205. The summed E-state index contributed by atoms with van der Waals surface area (Å²) >= 11 is 0. The van der Waals surface area contributed by atoms with Crippen molar-refractivity contribution in [3.05, 3.63) is 0 Å². The van der Waals surface area contributed by atoms with Crippen molar-refractivity contribution in [3.8, 4) is 0 Å². The molecule has 2 unspecified atom stereocenters. The molecule has 0 saturated heterocycles. The van der Waals surface area contributed by atoms with E-state index in [1.165, 1.54) is 0 Å². The lowest BCUT2D eigenvalue weighted by Crippen LogP contribution is -2.59. The van der Waals surface area contributed by atoms with Gasteiger partial charge in [-0.1, -0.05) is 12.8 Å². The average molecular weight is 234 g/mol. The van der Waals surface area contributed by atoms with Gasteiger partial charge in [0.15, 0.2) is 0 Å². The first-order valence-electron chi connectivity index (χ1n) is 5.76. The molecule has 16 heavy (non-hydrogen) atoms. The highest BCUT2D eigenvalue weighted by atomic mass is 16.3. The zero-order chi connectivity index (χ0) is 12.2. The fraction of sp³-hybridized carbons (Fsp3) is 1.00. The van der Waals surface area contributed by atoms with Gasteiger partial charge in [-0.25, -0.2) is 0 Å².